The molecule has 0 fully saturated rings. The van der Waals surface area contributed by atoms with Gasteiger partial charge in [-0.25, -0.2) is 4.79 Å². The third-order valence-corrected chi connectivity index (χ3v) is 3.29. The van der Waals surface area contributed by atoms with Gasteiger partial charge in [0.2, 0.25) is 0 Å². The Kier molecular flexibility index (Phi) is 5.51. The first-order valence-electron chi connectivity index (χ1n) is 7.44. The molecule has 1 aromatic carbocycles. The molecule has 0 saturated carbocycles. The van der Waals surface area contributed by atoms with Crippen LogP contribution in [-0.2, 0) is 6.54 Å². The van der Waals surface area contributed by atoms with Crippen LogP contribution in [0.1, 0.15) is 36.9 Å². The lowest BCUT2D eigenvalue weighted by Crippen LogP contribution is -2.43. The molecule has 0 atom stereocenters. The van der Waals surface area contributed by atoms with Gasteiger partial charge in [-0.15, -0.1) is 0 Å². The van der Waals surface area contributed by atoms with E-state index in [0.717, 1.165) is 0 Å². The van der Waals surface area contributed by atoms with E-state index in [4.69, 9.17) is 16.0 Å². The average Bonchev–Trinajstić information content (AvgIpc) is 2.98. The summed E-state index contributed by atoms with van der Waals surface area (Å²) in [6, 6.07) is 7.88. The minimum Gasteiger partial charge on any atom is -0.467 e. The second kappa shape index (κ2) is 7.40. The molecule has 3 N–H and O–H groups in total. The van der Waals surface area contributed by atoms with Gasteiger partial charge in [0.25, 0.3) is 5.91 Å². The third kappa shape index (κ3) is 5.31. The molecule has 2 rings (SSSR count). The van der Waals surface area contributed by atoms with Crippen LogP contribution in [0.25, 0.3) is 0 Å². The molecule has 1 aromatic heterocycles. The Morgan fingerprint density at radius 1 is 1.21 bits per heavy atom. The molecule has 2 aromatic rings. The number of anilines is 1. The number of rotatable bonds is 4. The summed E-state index contributed by atoms with van der Waals surface area (Å²) in [5.74, 6) is 0.287. The van der Waals surface area contributed by atoms with Crippen molar-refractivity contribution in [3.8, 4) is 0 Å². The number of carbonyl (C=O) groups is 2. The number of nitrogens with one attached hydrogen (secondary N) is 3. The van der Waals surface area contributed by atoms with E-state index in [1.165, 1.54) is 12.3 Å². The van der Waals surface area contributed by atoms with E-state index in [-0.39, 0.29) is 29.6 Å². The molecule has 0 unspecified atom stereocenters. The fourth-order valence-electron chi connectivity index (χ4n) is 1.96. The number of furan rings is 1. The van der Waals surface area contributed by atoms with Crippen molar-refractivity contribution < 1.29 is 14.0 Å². The van der Waals surface area contributed by atoms with Gasteiger partial charge in [0.15, 0.2) is 0 Å². The maximum absolute atomic E-state index is 12.3. The van der Waals surface area contributed by atoms with Crippen LogP contribution in [0, 0.1) is 0 Å². The van der Waals surface area contributed by atoms with Crippen LogP contribution in [0.3, 0.4) is 0 Å². The van der Waals surface area contributed by atoms with Crippen molar-refractivity contribution in [2.45, 2.75) is 32.9 Å². The summed E-state index contributed by atoms with van der Waals surface area (Å²) < 4.78 is 5.16. The first-order valence-corrected chi connectivity index (χ1v) is 7.82. The molecule has 0 spiro atoms. The smallest absolute Gasteiger partial charge is 0.319 e. The molecule has 24 heavy (non-hydrogen) atoms. The lowest BCUT2D eigenvalue weighted by molar-refractivity contribution is 0.0948. The summed E-state index contributed by atoms with van der Waals surface area (Å²) in [6.07, 6.45) is 1.53. The molecule has 3 amide bonds. The summed E-state index contributed by atoms with van der Waals surface area (Å²) in [6.45, 7) is 5.89. The lowest BCUT2D eigenvalue weighted by atomic mass is 10.1. The van der Waals surface area contributed by atoms with Crippen LogP contribution >= 0.6 is 11.6 Å². The maximum atomic E-state index is 12.3. The van der Waals surface area contributed by atoms with Gasteiger partial charge in [-0.3, -0.25) is 4.79 Å². The van der Waals surface area contributed by atoms with Gasteiger partial charge < -0.3 is 20.4 Å². The Bertz CT molecular complexity index is 721. The summed E-state index contributed by atoms with van der Waals surface area (Å²) in [5, 5.41) is 8.48. The Morgan fingerprint density at radius 3 is 2.58 bits per heavy atom. The van der Waals surface area contributed by atoms with Crippen molar-refractivity contribution in [1.29, 1.82) is 0 Å². The molecule has 0 radical (unpaired) electrons. The Hall–Kier alpha value is -2.47. The van der Waals surface area contributed by atoms with E-state index in [1.54, 1.807) is 24.3 Å². The molecule has 7 heteroatoms. The fourth-order valence-corrected chi connectivity index (χ4v) is 2.16. The molecule has 0 aliphatic rings. The van der Waals surface area contributed by atoms with E-state index >= 15 is 0 Å². The largest absolute Gasteiger partial charge is 0.467 e. The number of amides is 3. The first kappa shape index (κ1) is 17.9. The molecule has 0 saturated heterocycles. The van der Waals surface area contributed by atoms with Crippen LogP contribution in [0.5, 0.6) is 0 Å². The molecule has 0 aliphatic carbocycles. The Morgan fingerprint density at radius 2 is 1.96 bits per heavy atom. The van der Waals surface area contributed by atoms with Crippen LogP contribution in [0.2, 0.25) is 5.02 Å². The minimum absolute atomic E-state index is 0.254. The monoisotopic (exact) mass is 349 g/mol. The van der Waals surface area contributed by atoms with Crippen molar-refractivity contribution >= 4 is 29.2 Å². The standard InChI is InChI=1S/C17H20ClN3O3/c1-17(2,3)21-16(23)20-11-6-7-14(18)13(9-11)15(22)19-10-12-5-4-8-24-12/h4-9H,10H2,1-3H3,(H,19,22)(H2,20,21,23). The van der Waals surface area contributed by atoms with Gasteiger partial charge in [-0.05, 0) is 51.1 Å². The molecular weight excluding hydrogens is 330 g/mol. The van der Waals surface area contributed by atoms with Crippen molar-refractivity contribution in [2.75, 3.05) is 5.32 Å². The van der Waals surface area contributed by atoms with Crippen molar-refractivity contribution in [3.05, 3.63) is 52.9 Å². The zero-order valence-corrected chi connectivity index (χ0v) is 14.5. The predicted molar refractivity (Wildman–Crippen MR) is 93.2 cm³/mol. The number of halogens is 1. The van der Waals surface area contributed by atoms with Gasteiger partial charge >= 0.3 is 6.03 Å². The van der Waals surface area contributed by atoms with Crippen LogP contribution < -0.4 is 16.0 Å². The predicted octanol–water partition coefficient (Wildman–Crippen LogP) is 3.78. The number of benzene rings is 1. The Balaban J connectivity index is 2.04. The first-order chi connectivity index (χ1) is 11.2. The number of carbonyl (C=O) groups excluding carboxylic acids is 2. The highest BCUT2D eigenvalue weighted by Gasteiger charge is 2.16. The lowest BCUT2D eigenvalue weighted by Gasteiger charge is -2.21. The molecule has 1 heterocycles. The zero-order chi connectivity index (χ0) is 17.7. The number of urea groups is 1. The van der Waals surface area contributed by atoms with Crippen molar-refractivity contribution in [3.63, 3.8) is 0 Å². The highest BCUT2D eigenvalue weighted by Crippen LogP contribution is 2.21. The quantitative estimate of drug-likeness (QED) is 0.785. The van der Waals surface area contributed by atoms with E-state index in [9.17, 15) is 9.59 Å². The van der Waals surface area contributed by atoms with E-state index in [0.29, 0.717) is 16.5 Å². The summed E-state index contributed by atoms with van der Waals surface area (Å²) in [5.41, 5.74) is 0.390. The molecule has 128 valence electrons. The second-order valence-electron chi connectivity index (χ2n) is 6.29. The average molecular weight is 350 g/mol. The molecule has 0 bridgehead atoms. The van der Waals surface area contributed by atoms with Gasteiger partial charge in [-0.2, -0.15) is 0 Å². The second-order valence-corrected chi connectivity index (χ2v) is 6.69. The topological polar surface area (TPSA) is 83.4 Å². The van der Waals surface area contributed by atoms with Crippen LogP contribution in [0.15, 0.2) is 41.0 Å². The number of hydrogen-bond acceptors (Lipinski definition) is 3. The molecule has 0 aliphatic heterocycles. The van der Waals surface area contributed by atoms with Gasteiger partial charge in [-0.1, -0.05) is 11.6 Å². The molecule has 6 nitrogen and oxygen atoms in total. The number of hydrogen-bond donors (Lipinski definition) is 3. The Labute approximate surface area is 145 Å². The minimum atomic E-state index is -0.361. The summed E-state index contributed by atoms with van der Waals surface area (Å²) in [4.78, 5) is 24.2. The van der Waals surface area contributed by atoms with Crippen LogP contribution in [-0.4, -0.2) is 17.5 Å². The van der Waals surface area contributed by atoms with E-state index in [2.05, 4.69) is 16.0 Å². The zero-order valence-electron chi connectivity index (χ0n) is 13.8. The van der Waals surface area contributed by atoms with E-state index in [1.807, 2.05) is 20.8 Å². The SMILES string of the molecule is CC(C)(C)NC(=O)Nc1ccc(Cl)c(C(=O)NCc2ccco2)c1. The van der Waals surface area contributed by atoms with Crippen LogP contribution in [0.4, 0.5) is 10.5 Å². The van der Waals surface area contributed by atoms with Crippen molar-refractivity contribution in [1.82, 2.24) is 10.6 Å². The van der Waals surface area contributed by atoms with Gasteiger partial charge in [0.05, 0.1) is 23.4 Å². The normalized spacial score (nSPS) is 11.0. The van der Waals surface area contributed by atoms with Crippen molar-refractivity contribution in [2.24, 2.45) is 0 Å². The van der Waals surface area contributed by atoms with Gasteiger partial charge in [0, 0.05) is 11.2 Å². The summed E-state index contributed by atoms with van der Waals surface area (Å²) >= 11 is 6.08. The third-order valence-electron chi connectivity index (χ3n) is 2.96. The highest BCUT2D eigenvalue weighted by atomic mass is 35.5. The fraction of sp³-hybridized carbons (Fsp3) is 0.294. The van der Waals surface area contributed by atoms with Gasteiger partial charge in [0.1, 0.15) is 5.76 Å². The highest BCUT2D eigenvalue weighted by molar-refractivity contribution is 6.34. The maximum Gasteiger partial charge on any atom is 0.319 e. The molecular formula is C17H20ClN3O3. The summed E-state index contributed by atoms with van der Waals surface area (Å²) in [7, 11) is 0. The van der Waals surface area contributed by atoms with E-state index < -0.39 is 0 Å².